The van der Waals surface area contributed by atoms with Crippen molar-refractivity contribution in [1.29, 1.82) is 0 Å². The zero-order valence-electron chi connectivity index (χ0n) is 25.3. The number of nitrogens with one attached hydrogen (secondary N) is 2. The van der Waals surface area contributed by atoms with Gasteiger partial charge in [-0.3, -0.25) is 14.4 Å². The maximum atomic E-state index is 14.2. The van der Waals surface area contributed by atoms with Gasteiger partial charge in [0.2, 0.25) is 17.7 Å². The van der Waals surface area contributed by atoms with Crippen LogP contribution in [0.1, 0.15) is 83.4 Å². The van der Waals surface area contributed by atoms with E-state index in [1.54, 1.807) is 0 Å². The Morgan fingerprint density at radius 3 is 2.38 bits per heavy atom. The fourth-order valence-corrected chi connectivity index (χ4v) is 10.6. The van der Waals surface area contributed by atoms with E-state index in [0.717, 1.165) is 46.5 Å². The van der Waals surface area contributed by atoms with Gasteiger partial charge >= 0.3 is 0 Å². The van der Waals surface area contributed by atoms with Crippen molar-refractivity contribution >= 4 is 40.2 Å². The first kappa shape index (κ1) is 28.2. The minimum Gasteiger partial charge on any atom is -0.356 e. The summed E-state index contributed by atoms with van der Waals surface area (Å²) in [7, 11) is 0. The lowest BCUT2D eigenvalue weighted by molar-refractivity contribution is -0.164. The number of hydrogen-bond donors (Lipinski definition) is 2. The van der Waals surface area contributed by atoms with Crippen molar-refractivity contribution in [3.8, 4) is 0 Å². The third-order valence-corrected chi connectivity index (χ3v) is 12.2. The minimum atomic E-state index is -0.817. The number of piperidine rings is 1. The summed E-state index contributed by atoms with van der Waals surface area (Å²) in [6.45, 7) is 8.54. The van der Waals surface area contributed by atoms with Crippen LogP contribution in [0.3, 0.4) is 0 Å². The summed E-state index contributed by atoms with van der Waals surface area (Å²) in [6.07, 6.45) is 9.08. The number of fused-ring (bicyclic) bond motifs is 5. The molecule has 0 spiro atoms. The molecule has 4 bridgehead atoms. The van der Waals surface area contributed by atoms with Gasteiger partial charge in [0, 0.05) is 60.1 Å². The molecule has 226 valence electrons. The zero-order chi connectivity index (χ0) is 29.4. The standard InChI is InChI=1S/C34H45ClN4O3/c1-4-38(5-2)32(42)27-13-23(14-29(40)36-19-34-16-20-10-21(17-34)12-22(11-20)18-34)31(41)39-9-8-25-26-15-24(35)6-7-28(26)37-30(25)33(27,39)3/h6-7,15,20-23,27,37H,4-5,8-14,16-19H2,1-3H3,(H,36,40)/t20?,21?,22?,23-,27-,33+,34?/m1/s1. The molecule has 1 saturated heterocycles. The predicted molar refractivity (Wildman–Crippen MR) is 164 cm³/mol. The first-order chi connectivity index (χ1) is 20.1. The second-order valence-corrected chi connectivity index (χ2v) is 14.9. The van der Waals surface area contributed by atoms with E-state index in [-0.39, 0.29) is 29.6 Å². The van der Waals surface area contributed by atoms with Crippen LogP contribution >= 0.6 is 11.6 Å². The number of halogens is 1. The molecule has 42 heavy (non-hydrogen) atoms. The summed E-state index contributed by atoms with van der Waals surface area (Å²) in [5.41, 5.74) is 2.49. The van der Waals surface area contributed by atoms with E-state index in [2.05, 4.69) is 17.2 Å². The Morgan fingerprint density at radius 1 is 1.07 bits per heavy atom. The number of aromatic amines is 1. The summed E-state index contributed by atoms with van der Waals surface area (Å²) in [4.78, 5) is 49.2. The van der Waals surface area contributed by atoms with Crippen molar-refractivity contribution < 1.29 is 14.4 Å². The highest BCUT2D eigenvalue weighted by Crippen LogP contribution is 2.59. The number of benzene rings is 1. The average molecular weight is 593 g/mol. The monoisotopic (exact) mass is 592 g/mol. The molecule has 8 rings (SSSR count). The number of nitrogens with zero attached hydrogens (tertiary/aromatic N) is 2. The Bertz CT molecular complexity index is 1390. The highest BCUT2D eigenvalue weighted by molar-refractivity contribution is 6.31. The number of amides is 3. The van der Waals surface area contributed by atoms with E-state index in [1.807, 2.05) is 41.8 Å². The van der Waals surface area contributed by atoms with Crippen LogP contribution < -0.4 is 5.32 Å². The molecule has 0 radical (unpaired) electrons. The summed E-state index contributed by atoms with van der Waals surface area (Å²) in [5.74, 6) is 1.57. The van der Waals surface area contributed by atoms with Crippen LogP contribution in [0.4, 0.5) is 0 Å². The maximum Gasteiger partial charge on any atom is 0.228 e. The molecule has 3 heterocycles. The van der Waals surface area contributed by atoms with Crippen molar-refractivity contribution in [2.75, 3.05) is 26.2 Å². The van der Waals surface area contributed by atoms with E-state index in [0.29, 0.717) is 37.5 Å². The minimum absolute atomic E-state index is 0.00612. The van der Waals surface area contributed by atoms with Crippen molar-refractivity contribution in [2.24, 2.45) is 35.0 Å². The first-order valence-electron chi connectivity index (χ1n) is 16.3. The molecule has 3 amide bonds. The second-order valence-electron chi connectivity index (χ2n) is 14.5. The van der Waals surface area contributed by atoms with Crippen LogP contribution in [0, 0.1) is 35.0 Å². The van der Waals surface area contributed by atoms with Crippen LogP contribution in [-0.2, 0) is 26.3 Å². The van der Waals surface area contributed by atoms with Crippen molar-refractivity contribution in [3.05, 3.63) is 34.5 Å². The van der Waals surface area contributed by atoms with Crippen LogP contribution in [0.2, 0.25) is 5.02 Å². The van der Waals surface area contributed by atoms with Crippen LogP contribution in [-0.4, -0.2) is 58.7 Å². The van der Waals surface area contributed by atoms with Gasteiger partial charge in [-0.25, -0.2) is 0 Å². The summed E-state index contributed by atoms with van der Waals surface area (Å²) in [6, 6.07) is 5.83. The lowest BCUT2D eigenvalue weighted by Gasteiger charge is -2.57. The lowest BCUT2D eigenvalue weighted by Crippen LogP contribution is -2.64. The van der Waals surface area contributed by atoms with Gasteiger partial charge in [-0.15, -0.1) is 0 Å². The third kappa shape index (κ3) is 4.39. The third-order valence-electron chi connectivity index (χ3n) is 12.0. The molecule has 1 aromatic carbocycles. The summed E-state index contributed by atoms with van der Waals surface area (Å²) >= 11 is 6.37. The maximum absolute atomic E-state index is 14.2. The van der Waals surface area contributed by atoms with Gasteiger partial charge in [0.1, 0.15) is 0 Å². The molecule has 7 nitrogen and oxygen atoms in total. The van der Waals surface area contributed by atoms with E-state index in [9.17, 15) is 14.4 Å². The molecule has 2 aromatic rings. The van der Waals surface area contributed by atoms with E-state index in [4.69, 9.17) is 11.6 Å². The van der Waals surface area contributed by atoms with Crippen LogP contribution in [0.15, 0.2) is 18.2 Å². The molecule has 0 unspecified atom stereocenters. The Kier molecular flexibility index (Phi) is 6.91. The van der Waals surface area contributed by atoms with E-state index < -0.39 is 17.4 Å². The van der Waals surface area contributed by atoms with Gasteiger partial charge < -0.3 is 20.1 Å². The van der Waals surface area contributed by atoms with Crippen molar-refractivity contribution in [1.82, 2.24) is 20.1 Å². The molecule has 4 aliphatic carbocycles. The molecule has 5 fully saturated rings. The number of aromatic nitrogens is 1. The molecular formula is C34H45ClN4O3. The van der Waals surface area contributed by atoms with Gasteiger partial charge in [-0.1, -0.05) is 11.6 Å². The van der Waals surface area contributed by atoms with E-state index in [1.165, 1.54) is 38.5 Å². The molecule has 3 atom stereocenters. The van der Waals surface area contributed by atoms with Crippen molar-refractivity contribution in [2.45, 2.75) is 84.1 Å². The highest BCUT2D eigenvalue weighted by atomic mass is 35.5. The highest BCUT2D eigenvalue weighted by Gasteiger charge is 2.57. The Labute approximate surface area is 254 Å². The van der Waals surface area contributed by atoms with Gasteiger partial charge in [0.25, 0.3) is 0 Å². The largest absolute Gasteiger partial charge is 0.356 e. The Hall–Kier alpha value is -2.54. The van der Waals surface area contributed by atoms with Crippen LogP contribution in [0.25, 0.3) is 10.9 Å². The number of carbonyl (C=O) groups is 3. The second kappa shape index (κ2) is 10.3. The fraction of sp³-hybridized carbons (Fsp3) is 0.676. The smallest absolute Gasteiger partial charge is 0.228 e. The summed E-state index contributed by atoms with van der Waals surface area (Å²) < 4.78 is 0. The van der Waals surface area contributed by atoms with Crippen LogP contribution in [0.5, 0.6) is 0 Å². The lowest BCUT2D eigenvalue weighted by atomic mass is 9.49. The Morgan fingerprint density at radius 2 is 1.74 bits per heavy atom. The average Bonchev–Trinajstić information content (AvgIpc) is 3.32. The number of carbonyl (C=O) groups excluding carboxylic acids is 3. The number of H-pyrrole nitrogens is 1. The molecule has 4 saturated carbocycles. The number of rotatable bonds is 7. The van der Waals surface area contributed by atoms with Gasteiger partial charge in [0.15, 0.2) is 0 Å². The van der Waals surface area contributed by atoms with Crippen molar-refractivity contribution in [3.63, 3.8) is 0 Å². The quantitative estimate of drug-likeness (QED) is 0.436. The molecule has 6 aliphatic rings. The zero-order valence-corrected chi connectivity index (χ0v) is 26.1. The predicted octanol–water partition coefficient (Wildman–Crippen LogP) is 5.65. The topological polar surface area (TPSA) is 85.5 Å². The van der Waals surface area contributed by atoms with Gasteiger partial charge in [0.05, 0.1) is 11.5 Å². The molecule has 2 aliphatic heterocycles. The van der Waals surface area contributed by atoms with E-state index >= 15 is 0 Å². The first-order valence-corrected chi connectivity index (χ1v) is 16.7. The van der Waals surface area contributed by atoms with Gasteiger partial charge in [-0.05, 0) is 119 Å². The number of hydrogen-bond acceptors (Lipinski definition) is 3. The van der Waals surface area contributed by atoms with Gasteiger partial charge in [-0.2, -0.15) is 0 Å². The fourth-order valence-electron chi connectivity index (χ4n) is 10.4. The molecule has 8 heteroatoms. The SMILES string of the molecule is CCN(CC)C(=O)[C@H]1C[C@H](CC(=O)NCC23CC4CC(CC(C4)C2)C3)C(=O)N2CCc3c([nH]c4ccc(Cl)cc34)[C@]12C. The molecule has 2 N–H and O–H groups in total. The molecular weight excluding hydrogens is 548 g/mol. The normalized spacial score (nSPS) is 34.8. The summed E-state index contributed by atoms with van der Waals surface area (Å²) in [5, 5.41) is 5.03. The Balaban J connectivity index is 1.15. The molecule has 1 aromatic heterocycles.